The fourth-order valence-electron chi connectivity index (χ4n) is 1.89. The van der Waals surface area contributed by atoms with Gasteiger partial charge in [-0.2, -0.15) is 0 Å². The molecule has 0 bridgehead atoms. The largest absolute Gasteiger partial charge is 0.439 e. The van der Waals surface area contributed by atoms with E-state index in [1.807, 2.05) is 39.0 Å². The minimum absolute atomic E-state index is 0.189. The van der Waals surface area contributed by atoms with Crippen molar-refractivity contribution in [3.63, 3.8) is 0 Å². The molecule has 0 amide bonds. The highest BCUT2D eigenvalue weighted by Crippen LogP contribution is 2.33. The third-order valence-corrected chi connectivity index (χ3v) is 3.80. The van der Waals surface area contributed by atoms with Crippen molar-refractivity contribution in [3.8, 4) is 11.6 Å². The maximum absolute atomic E-state index is 5.88. The molecule has 1 heterocycles. The molecule has 6 heteroatoms. The molecule has 0 aliphatic heterocycles. The summed E-state index contributed by atoms with van der Waals surface area (Å²) in [4.78, 5) is 8.33. The van der Waals surface area contributed by atoms with Crippen LogP contribution in [0.15, 0.2) is 29.0 Å². The summed E-state index contributed by atoms with van der Waals surface area (Å²) in [7, 11) is 0. The molecule has 1 aromatic heterocycles. The fourth-order valence-corrected chi connectivity index (χ4v) is 2.14. The van der Waals surface area contributed by atoms with Gasteiger partial charge in [-0.25, -0.2) is 15.8 Å². The summed E-state index contributed by atoms with van der Waals surface area (Å²) in [5, 5.41) is 0. The van der Waals surface area contributed by atoms with Crippen LogP contribution in [0.3, 0.4) is 0 Å². The molecule has 0 saturated heterocycles. The van der Waals surface area contributed by atoms with Crippen molar-refractivity contribution in [2.75, 3.05) is 5.43 Å². The van der Waals surface area contributed by atoms with E-state index in [1.165, 1.54) is 6.33 Å². The first-order valence-corrected chi connectivity index (χ1v) is 7.07. The van der Waals surface area contributed by atoms with E-state index in [0.717, 1.165) is 21.3 Å². The molecule has 0 spiro atoms. The number of hydrazine groups is 1. The van der Waals surface area contributed by atoms with Crippen molar-refractivity contribution < 1.29 is 4.74 Å². The van der Waals surface area contributed by atoms with Crippen LogP contribution in [0.1, 0.15) is 30.9 Å². The van der Waals surface area contributed by atoms with E-state index in [9.17, 15) is 0 Å². The number of aryl methyl sites for hydroxylation is 1. The van der Waals surface area contributed by atoms with Gasteiger partial charge in [-0.1, -0.05) is 29.8 Å². The monoisotopic (exact) mass is 336 g/mol. The zero-order valence-corrected chi connectivity index (χ0v) is 13.2. The van der Waals surface area contributed by atoms with Crippen molar-refractivity contribution in [1.29, 1.82) is 0 Å². The van der Waals surface area contributed by atoms with Crippen molar-refractivity contribution in [2.45, 2.75) is 26.7 Å². The minimum atomic E-state index is 0.189. The van der Waals surface area contributed by atoms with E-state index in [2.05, 4.69) is 31.3 Å². The molecule has 0 fully saturated rings. The Morgan fingerprint density at radius 2 is 2.05 bits per heavy atom. The third-order valence-electron chi connectivity index (χ3n) is 2.91. The second-order valence-electron chi connectivity index (χ2n) is 4.75. The summed E-state index contributed by atoms with van der Waals surface area (Å²) in [6, 6.07) is 5.79. The molecule has 0 aliphatic rings. The van der Waals surface area contributed by atoms with Crippen molar-refractivity contribution in [1.82, 2.24) is 9.97 Å². The Hall–Kier alpha value is -1.66. The zero-order valence-electron chi connectivity index (χ0n) is 11.6. The van der Waals surface area contributed by atoms with Gasteiger partial charge in [-0.3, -0.25) is 0 Å². The number of nitrogen functional groups attached to an aromatic ring is 1. The van der Waals surface area contributed by atoms with Crippen LogP contribution in [-0.4, -0.2) is 9.97 Å². The van der Waals surface area contributed by atoms with Crippen LogP contribution in [0.4, 0.5) is 5.82 Å². The molecular formula is C14H17BrN4O. The molecule has 106 valence electrons. The number of nitrogens with one attached hydrogen (secondary N) is 1. The number of nitrogens with two attached hydrogens (primary N) is 1. The summed E-state index contributed by atoms with van der Waals surface area (Å²) < 4.78 is 6.92. The van der Waals surface area contributed by atoms with E-state index in [0.29, 0.717) is 11.7 Å². The molecule has 0 saturated carbocycles. The van der Waals surface area contributed by atoms with Gasteiger partial charge < -0.3 is 10.2 Å². The number of halogens is 1. The Balaban J connectivity index is 2.40. The molecule has 0 radical (unpaired) electrons. The molecule has 20 heavy (non-hydrogen) atoms. The van der Waals surface area contributed by atoms with Crippen LogP contribution in [-0.2, 0) is 0 Å². The number of ether oxygens (including phenoxy) is 1. The summed E-state index contributed by atoms with van der Waals surface area (Å²) in [5.74, 6) is 7.51. The van der Waals surface area contributed by atoms with Crippen LogP contribution in [0.25, 0.3) is 0 Å². The van der Waals surface area contributed by atoms with Gasteiger partial charge in [-0.15, -0.1) is 0 Å². The Morgan fingerprint density at radius 1 is 1.30 bits per heavy atom. The van der Waals surface area contributed by atoms with E-state index < -0.39 is 0 Å². The smallest absolute Gasteiger partial charge is 0.227 e. The summed E-state index contributed by atoms with van der Waals surface area (Å²) in [6.45, 7) is 6.09. The summed E-state index contributed by atoms with van der Waals surface area (Å²) >= 11 is 3.47. The number of nitrogens with zero attached hydrogens (tertiary/aromatic N) is 2. The Kier molecular flexibility index (Phi) is 4.57. The van der Waals surface area contributed by atoms with Gasteiger partial charge in [-0.05, 0) is 36.6 Å². The van der Waals surface area contributed by atoms with Gasteiger partial charge in [0, 0.05) is 4.47 Å². The number of anilines is 1. The van der Waals surface area contributed by atoms with E-state index in [-0.39, 0.29) is 5.92 Å². The van der Waals surface area contributed by atoms with E-state index in [1.54, 1.807) is 0 Å². The number of hydrogen-bond acceptors (Lipinski definition) is 5. The highest BCUT2D eigenvalue weighted by molar-refractivity contribution is 9.10. The lowest BCUT2D eigenvalue weighted by molar-refractivity contribution is 0.451. The Bertz CT molecular complexity index is 616. The summed E-state index contributed by atoms with van der Waals surface area (Å²) in [6.07, 6.45) is 1.43. The van der Waals surface area contributed by atoms with E-state index in [4.69, 9.17) is 10.6 Å². The van der Waals surface area contributed by atoms with Gasteiger partial charge >= 0.3 is 0 Å². The van der Waals surface area contributed by atoms with Gasteiger partial charge in [0.2, 0.25) is 5.88 Å². The normalized spacial score (nSPS) is 10.7. The predicted molar refractivity (Wildman–Crippen MR) is 82.9 cm³/mol. The molecule has 3 N–H and O–H groups in total. The van der Waals surface area contributed by atoms with Crippen molar-refractivity contribution in [3.05, 3.63) is 40.1 Å². The molecule has 2 rings (SSSR count). The van der Waals surface area contributed by atoms with Crippen LogP contribution < -0.4 is 16.0 Å². The number of benzene rings is 1. The fraction of sp³-hybridized carbons (Fsp3) is 0.286. The number of aromatic nitrogens is 2. The lowest BCUT2D eigenvalue weighted by Gasteiger charge is -2.15. The highest BCUT2D eigenvalue weighted by Gasteiger charge is 2.16. The maximum Gasteiger partial charge on any atom is 0.227 e. The zero-order chi connectivity index (χ0) is 14.7. The third kappa shape index (κ3) is 3.08. The quantitative estimate of drug-likeness (QED) is 0.657. The van der Waals surface area contributed by atoms with Crippen LogP contribution in [0, 0.1) is 6.92 Å². The average molecular weight is 337 g/mol. The maximum atomic E-state index is 5.88. The topological polar surface area (TPSA) is 73.1 Å². The molecule has 2 aromatic rings. The first-order valence-electron chi connectivity index (χ1n) is 6.28. The molecule has 1 aromatic carbocycles. The van der Waals surface area contributed by atoms with Gasteiger partial charge in [0.05, 0.1) is 5.56 Å². The SMILES string of the molecule is Cc1cc(Oc2ncnc(NN)c2C(C)C)ccc1Br. The van der Waals surface area contributed by atoms with Crippen molar-refractivity contribution >= 4 is 21.7 Å². The predicted octanol–water partition coefficient (Wildman–Crippen LogP) is 3.75. The van der Waals surface area contributed by atoms with Gasteiger partial charge in [0.1, 0.15) is 12.1 Å². The molecule has 0 unspecified atom stereocenters. The number of rotatable bonds is 4. The molecule has 0 atom stereocenters. The lowest BCUT2D eigenvalue weighted by Crippen LogP contribution is -2.13. The van der Waals surface area contributed by atoms with Gasteiger partial charge in [0.25, 0.3) is 0 Å². The second kappa shape index (κ2) is 6.19. The molecule has 0 aliphatic carbocycles. The Labute approximate surface area is 126 Å². The lowest BCUT2D eigenvalue weighted by atomic mass is 10.1. The average Bonchev–Trinajstić information content (AvgIpc) is 2.42. The minimum Gasteiger partial charge on any atom is -0.439 e. The Morgan fingerprint density at radius 3 is 2.65 bits per heavy atom. The molecular weight excluding hydrogens is 320 g/mol. The van der Waals surface area contributed by atoms with E-state index >= 15 is 0 Å². The standard InChI is InChI=1S/C14H17BrN4O/c1-8(2)12-13(19-16)17-7-18-14(12)20-10-4-5-11(15)9(3)6-10/h4-8H,16H2,1-3H3,(H,17,18,19). The van der Waals surface area contributed by atoms with Crippen LogP contribution in [0.2, 0.25) is 0 Å². The van der Waals surface area contributed by atoms with Gasteiger partial charge in [0.15, 0.2) is 5.82 Å². The first kappa shape index (κ1) is 14.7. The van der Waals surface area contributed by atoms with Crippen LogP contribution in [0.5, 0.6) is 11.6 Å². The summed E-state index contributed by atoms with van der Waals surface area (Å²) in [5.41, 5.74) is 4.54. The highest BCUT2D eigenvalue weighted by atomic mass is 79.9. The van der Waals surface area contributed by atoms with Crippen molar-refractivity contribution in [2.24, 2.45) is 5.84 Å². The second-order valence-corrected chi connectivity index (χ2v) is 5.61. The van der Waals surface area contributed by atoms with Crippen LogP contribution >= 0.6 is 15.9 Å². The first-order chi connectivity index (χ1) is 9.52. The molecule has 5 nitrogen and oxygen atoms in total. The number of hydrogen-bond donors (Lipinski definition) is 2.